The van der Waals surface area contributed by atoms with Crippen LogP contribution in [0.4, 0.5) is 0 Å². The van der Waals surface area contributed by atoms with Crippen molar-refractivity contribution < 1.29 is 14.3 Å². The molecule has 0 spiro atoms. The Balaban J connectivity index is 1.81. The molecule has 3 nitrogen and oxygen atoms in total. The molecule has 1 aliphatic carbocycles. The standard InChI is InChI=1S/C21H20O3/c1-3-12-24-18-8-4-15(5-9-18)13-17-7-6-16-14-19(23-2)10-11-20(16)21(17)22/h3-5,8-11,13-14H,1,6-7,12H2,2H3/b17-13-. The molecule has 2 aromatic rings. The van der Waals surface area contributed by atoms with E-state index in [1.165, 1.54) is 0 Å². The van der Waals surface area contributed by atoms with E-state index in [4.69, 9.17) is 9.47 Å². The molecule has 0 bridgehead atoms. The zero-order valence-corrected chi connectivity index (χ0v) is 13.7. The number of ether oxygens (including phenoxy) is 2. The molecule has 0 saturated carbocycles. The van der Waals surface area contributed by atoms with E-state index in [0.717, 1.165) is 46.6 Å². The van der Waals surface area contributed by atoms with Crippen LogP contribution in [-0.2, 0) is 6.42 Å². The highest BCUT2D eigenvalue weighted by Gasteiger charge is 2.22. The van der Waals surface area contributed by atoms with Crippen LogP contribution < -0.4 is 9.47 Å². The molecule has 0 radical (unpaired) electrons. The van der Waals surface area contributed by atoms with E-state index in [-0.39, 0.29) is 5.78 Å². The van der Waals surface area contributed by atoms with Gasteiger partial charge in [0.15, 0.2) is 5.78 Å². The van der Waals surface area contributed by atoms with E-state index in [1.807, 2.05) is 48.5 Å². The van der Waals surface area contributed by atoms with Gasteiger partial charge in [0.05, 0.1) is 7.11 Å². The Morgan fingerprint density at radius 2 is 1.83 bits per heavy atom. The van der Waals surface area contributed by atoms with Crippen LogP contribution in [0.15, 0.2) is 60.7 Å². The van der Waals surface area contributed by atoms with Gasteiger partial charge < -0.3 is 9.47 Å². The van der Waals surface area contributed by atoms with Gasteiger partial charge in [-0.25, -0.2) is 0 Å². The average Bonchev–Trinajstić information content (AvgIpc) is 2.63. The van der Waals surface area contributed by atoms with Gasteiger partial charge in [-0.15, -0.1) is 0 Å². The summed E-state index contributed by atoms with van der Waals surface area (Å²) >= 11 is 0. The number of ketones is 1. The Morgan fingerprint density at radius 3 is 2.54 bits per heavy atom. The number of rotatable bonds is 5. The van der Waals surface area contributed by atoms with Crippen molar-refractivity contribution in [3.05, 3.63) is 77.4 Å². The summed E-state index contributed by atoms with van der Waals surface area (Å²) in [6.45, 7) is 4.11. The highest BCUT2D eigenvalue weighted by atomic mass is 16.5. The minimum Gasteiger partial charge on any atom is -0.497 e. The molecule has 3 rings (SSSR count). The fraction of sp³-hybridized carbons (Fsp3) is 0.190. The van der Waals surface area contributed by atoms with Crippen molar-refractivity contribution in [2.24, 2.45) is 0 Å². The maximum Gasteiger partial charge on any atom is 0.189 e. The van der Waals surface area contributed by atoms with E-state index in [2.05, 4.69) is 6.58 Å². The van der Waals surface area contributed by atoms with Crippen LogP contribution in [0.25, 0.3) is 6.08 Å². The summed E-state index contributed by atoms with van der Waals surface area (Å²) in [7, 11) is 1.64. The lowest BCUT2D eigenvalue weighted by atomic mass is 9.86. The van der Waals surface area contributed by atoms with Crippen LogP contribution >= 0.6 is 0 Å². The Hall–Kier alpha value is -2.81. The topological polar surface area (TPSA) is 35.5 Å². The fourth-order valence-corrected chi connectivity index (χ4v) is 2.84. The molecule has 122 valence electrons. The predicted molar refractivity (Wildman–Crippen MR) is 95.8 cm³/mol. The minimum absolute atomic E-state index is 0.103. The smallest absolute Gasteiger partial charge is 0.189 e. The Labute approximate surface area is 142 Å². The normalized spacial score (nSPS) is 15.0. The van der Waals surface area contributed by atoms with Crippen LogP contribution in [-0.4, -0.2) is 19.5 Å². The molecule has 0 N–H and O–H groups in total. The van der Waals surface area contributed by atoms with Crippen molar-refractivity contribution in [2.75, 3.05) is 13.7 Å². The number of fused-ring (bicyclic) bond motifs is 1. The molecule has 3 heteroatoms. The van der Waals surface area contributed by atoms with Gasteiger partial charge in [0, 0.05) is 11.1 Å². The van der Waals surface area contributed by atoms with Crippen LogP contribution in [0.5, 0.6) is 11.5 Å². The van der Waals surface area contributed by atoms with Crippen molar-refractivity contribution in [1.82, 2.24) is 0 Å². The third kappa shape index (κ3) is 3.40. The lowest BCUT2D eigenvalue weighted by molar-refractivity contribution is 0.102. The highest BCUT2D eigenvalue weighted by Crippen LogP contribution is 2.29. The first kappa shape index (κ1) is 16.1. The summed E-state index contributed by atoms with van der Waals surface area (Å²) < 4.78 is 10.7. The number of Topliss-reactive ketones (excluding diaryl/α,β-unsaturated/α-hetero) is 1. The molecule has 0 saturated heterocycles. The Kier molecular flexibility index (Phi) is 4.80. The van der Waals surface area contributed by atoms with E-state index in [9.17, 15) is 4.79 Å². The molecular formula is C21H20O3. The predicted octanol–water partition coefficient (Wildman–Crippen LogP) is 4.47. The van der Waals surface area contributed by atoms with E-state index < -0.39 is 0 Å². The van der Waals surface area contributed by atoms with Gasteiger partial charge in [-0.3, -0.25) is 4.79 Å². The quantitative estimate of drug-likeness (QED) is 0.602. The molecular weight excluding hydrogens is 300 g/mol. The SMILES string of the molecule is C=CCOc1ccc(/C=C2/CCc3cc(OC)ccc3C2=O)cc1. The van der Waals surface area contributed by atoms with Crippen LogP contribution in [0.1, 0.15) is 27.9 Å². The van der Waals surface area contributed by atoms with Crippen molar-refractivity contribution in [3.63, 3.8) is 0 Å². The lowest BCUT2D eigenvalue weighted by Gasteiger charge is -2.18. The zero-order valence-electron chi connectivity index (χ0n) is 13.7. The van der Waals surface area contributed by atoms with Crippen molar-refractivity contribution in [3.8, 4) is 11.5 Å². The third-order valence-electron chi connectivity index (χ3n) is 4.10. The summed E-state index contributed by atoms with van der Waals surface area (Å²) in [6.07, 6.45) is 5.27. The van der Waals surface area contributed by atoms with Gasteiger partial charge in [-0.1, -0.05) is 24.8 Å². The van der Waals surface area contributed by atoms with Gasteiger partial charge >= 0.3 is 0 Å². The summed E-state index contributed by atoms with van der Waals surface area (Å²) in [5.74, 6) is 1.69. The van der Waals surface area contributed by atoms with Crippen LogP contribution in [0, 0.1) is 0 Å². The van der Waals surface area contributed by atoms with Gasteiger partial charge in [-0.2, -0.15) is 0 Å². The first-order chi connectivity index (χ1) is 11.7. The molecule has 0 unspecified atom stereocenters. The maximum absolute atomic E-state index is 12.7. The molecule has 0 atom stereocenters. The number of allylic oxidation sites excluding steroid dienone is 1. The number of methoxy groups -OCH3 is 1. The number of hydrogen-bond acceptors (Lipinski definition) is 3. The van der Waals surface area contributed by atoms with Crippen molar-refractivity contribution >= 4 is 11.9 Å². The van der Waals surface area contributed by atoms with Crippen molar-refractivity contribution in [1.29, 1.82) is 0 Å². The average molecular weight is 320 g/mol. The monoisotopic (exact) mass is 320 g/mol. The lowest BCUT2D eigenvalue weighted by Crippen LogP contribution is -2.14. The van der Waals surface area contributed by atoms with E-state index >= 15 is 0 Å². The number of hydrogen-bond donors (Lipinski definition) is 0. The van der Waals surface area contributed by atoms with Crippen molar-refractivity contribution in [2.45, 2.75) is 12.8 Å². The van der Waals surface area contributed by atoms with E-state index in [1.54, 1.807) is 13.2 Å². The first-order valence-electron chi connectivity index (χ1n) is 7.97. The molecule has 0 aromatic heterocycles. The molecule has 2 aromatic carbocycles. The second kappa shape index (κ2) is 7.18. The molecule has 0 aliphatic heterocycles. The Bertz CT molecular complexity index is 785. The number of carbonyl (C=O) groups excluding carboxylic acids is 1. The number of benzene rings is 2. The van der Waals surface area contributed by atoms with Crippen LogP contribution in [0.3, 0.4) is 0 Å². The van der Waals surface area contributed by atoms with Gasteiger partial charge in [0.25, 0.3) is 0 Å². The molecule has 24 heavy (non-hydrogen) atoms. The summed E-state index contributed by atoms with van der Waals surface area (Å²) in [4.78, 5) is 12.7. The minimum atomic E-state index is 0.103. The molecule has 0 amide bonds. The molecule has 0 heterocycles. The van der Waals surface area contributed by atoms with Gasteiger partial charge in [0.1, 0.15) is 18.1 Å². The number of aryl methyl sites for hydroxylation is 1. The zero-order chi connectivity index (χ0) is 16.9. The summed E-state index contributed by atoms with van der Waals surface area (Å²) in [6, 6.07) is 13.4. The summed E-state index contributed by atoms with van der Waals surface area (Å²) in [5.41, 5.74) is 3.68. The summed E-state index contributed by atoms with van der Waals surface area (Å²) in [5, 5.41) is 0. The van der Waals surface area contributed by atoms with Crippen LogP contribution in [0.2, 0.25) is 0 Å². The van der Waals surface area contributed by atoms with Gasteiger partial charge in [0.2, 0.25) is 0 Å². The fourth-order valence-electron chi connectivity index (χ4n) is 2.84. The second-order valence-electron chi connectivity index (χ2n) is 5.69. The maximum atomic E-state index is 12.7. The third-order valence-corrected chi connectivity index (χ3v) is 4.10. The Morgan fingerprint density at radius 1 is 1.08 bits per heavy atom. The largest absolute Gasteiger partial charge is 0.497 e. The highest BCUT2D eigenvalue weighted by molar-refractivity contribution is 6.13. The number of carbonyl (C=O) groups is 1. The molecule has 0 fully saturated rings. The molecule has 1 aliphatic rings. The van der Waals surface area contributed by atoms with E-state index in [0.29, 0.717) is 6.61 Å². The van der Waals surface area contributed by atoms with Gasteiger partial charge in [-0.05, 0) is 60.4 Å². The second-order valence-corrected chi connectivity index (χ2v) is 5.69. The first-order valence-corrected chi connectivity index (χ1v) is 7.97.